The van der Waals surface area contributed by atoms with E-state index >= 15 is 0 Å². The van der Waals surface area contributed by atoms with Crippen LogP contribution in [-0.4, -0.2) is 27.8 Å². The third kappa shape index (κ3) is 3.88. The lowest BCUT2D eigenvalue weighted by atomic mass is 10.1. The Kier molecular flexibility index (Phi) is 5.02. The van der Waals surface area contributed by atoms with E-state index in [4.69, 9.17) is 8.94 Å². The van der Waals surface area contributed by atoms with Gasteiger partial charge in [0.2, 0.25) is 17.6 Å². The molecule has 0 aliphatic heterocycles. The number of hydrogen-bond donors (Lipinski definition) is 2. The molecule has 0 aliphatic carbocycles. The molecule has 0 spiro atoms. The minimum Gasteiger partial charge on any atom is -0.461 e. The first-order valence-corrected chi connectivity index (χ1v) is 7.58. The Morgan fingerprint density at radius 2 is 2.04 bits per heavy atom. The van der Waals surface area contributed by atoms with Crippen molar-refractivity contribution in [3.05, 3.63) is 60.2 Å². The van der Waals surface area contributed by atoms with Gasteiger partial charge in [-0.1, -0.05) is 35.5 Å². The molecule has 2 heterocycles. The number of aliphatic hydroxyl groups excluding tert-OH is 1. The highest BCUT2D eigenvalue weighted by Gasteiger charge is 2.15. The van der Waals surface area contributed by atoms with Crippen LogP contribution in [0.3, 0.4) is 0 Å². The van der Waals surface area contributed by atoms with Crippen molar-refractivity contribution < 1.29 is 18.8 Å². The number of nitrogens with one attached hydrogen (secondary N) is 1. The van der Waals surface area contributed by atoms with Crippen LogP contribution < -0.4 is 5.32 Å². The lowest BCUT2D eigenvalue weighted by Crippen LogP contribution is -2.30. The van der Waals surface area contributed by atoms with Crippen molar-refractivity contribution in [2.24, 2.45) is 0 Å². The van der Waals surface area contributed by atoms with E-state index in [-0.39, 0.29) is 18.9 Å². The molecular formula is C17H17N3O4. The van der Waals surface area contributed by atoms with E-state index in [0.29, 0.717) is 23.9 Å². The van der Waals surface area contributed by atoms with Crippen LogP contribution in [0.4, 0.5) is 0 Å². The maximum Gasteiger partial charge on any atom is 0.238 e. The third-order valence-electron chi connectivity index (χ3n) is 3.50. The van der Waals surface area contributed by atoms with Crippen LogP contribution in [0.5, 0.6) is 0 Å². The van der Waals surface area contributed by atoms with Crippen molar-refractivity contribution in [3.8, 4) is 11.6 Å². The van der Waals surface area contributed by atoms with Gasteiger partial charge < -0.3 is 19.4 Å². The molecule has 3 rings (SSSR count). The second-order valence-electron chi connectivity index (χ2n) is 5.20. The summed E-state index contributed by atoms with van der Waals surface area (Å²) >= 11 is 0. The number of nitrogens with zero attached hydrogens (tertiary/aromatic N) is 2. The van der Waals surface area contributed by atoms with E-state index in [1.165, 1.54) is 6.26 Å². The van der Waals surface area contributed by atoms with Gasteiger partial charge in [0, 0.05) is 12.8 Å². The van der Waals surface area contributed by atoms with Crippen LogP contribution in [-0.2, 0) is 11.2 Å². The quantitative estimate of drug-likeness (QED) is 0.689. The van der Waals surface area contributed by atoms with Crippen LogP contribution >= 0.6 is 0 Å². The fourth-order valence-corrected chi connectivity index (χ4v) is 2.27. The van der Waals surface area contributed by atoms with Crippen LogP contribution in [0.2, 0.25) is 0 Å². The van der Waals surface area contributed by atoms with Crippen molar-refractivity contribution in [1.82, 2.24) is 15.5 Å². The normalized spacial score (nSPS) is 12.0. The lowest BCUT2D eigenvalue weighted by Gasteiger charge is -2.16. The Bertz CT molecular complexity index is 768. The Morgan fingerprint density at radius 1 is 1.21 bits per heavy atom. The minimum absolute atomic E-state index is 0.168. The van der Waals surface area contributed by atoms with Crippen molar-refractivity contribution in [3.63, 3.8) is 0 Å². The van der Waals surface area contributed by atoms with Gasteiger partial charge in [0.1, 0.15) is 0 Å². The van der Waals surface area contributed by atoms with E-state index in [9.17, 15) is 9.90 Å². The van der Waals surface area contributed by atoms with Gasteiger partial charge in [-0.15, -0.1) is 0 Å². The second kappa shape index (κ2) is 7.56. The van der Waals surface area contributed by atoms with Gasteiger partial charge in [-0.05, 0) is 17.7 Å². The number of aryl methyl sites for hydroxylation is 1. The summed E-state index contributed by atoms with van der Waals surface area (Å²) in [6.07, 6.45) is 2.02. The fraction of sp³-hybridized carbons (Fsp3) is 0.235. The van der Waals surface area contributed by atoms with Crippen LogP contribution in [0, 0.1) is 0 Å². The summed E-state index contributed by atoms with van der Waals surface area (Å²) in [5, 5.41) is 16.1. The molecule has 124 valence electrons. The summed E-state index contributed by atoms with van der Waals surface area (Å²) in [4.78, 5) is 16.2. The highest BCUT2D eigenvalue weighted by Crippen LogP contribution is 2.16. The number of furan rings is 1. The summed E-state index contributed by atoms with van der Waals surface area (Å²) in [7, 11) is 0. The zero-order valence-electron chi connectivity index (χ0n) is 12.9. The van der Waals surface area contributed by atoms with E-state index in [2.05, 4.69) is 15.5 Å². The topological polar surface area (TPSA) is 101 Å². The van der Waals surface area contributed by atoms with Gasteiger partial charge in [-0.25, -0.2) is 0 Å². The second-order valence-corrected chi connectivity index (χ2v) is 5.20. The minimum atomic E-state index is -0.430. The summed E-state index contributed by atoms with van der Waals surface area (Å²) in [5.41, 5.74) is 0.853. The van der Waals surface area contributed by atoms with Gasteiger partial charge in [0.15, 0.2) is 5.76 Å². The molecule has 2 N–H and O–H groups in total. The average Bonchev–Trinajstić information content (AvgIpc) is 3.29. The first-order chi connectivity index (χ1) is 11.8. The zero-order valence-corrected chi connectivity index (χ0v) is 12.9. The number of carbonyl (C=O) groups excluding carboxylic acids is 1. The predicted molar refractivity (Wildman–Crippen MR) is 84.7 cm³/mol. The lowest BCUT2D eigenvalue weighted by molar-refractivity contribution is -0.122. The molecule has 1 amide bonds. The van der Waals surface area contributed by atoms with E-state index in [1.54, 1.807) is 12.1 Å². The number of aliphatic hydroxyl groups is 1. The first kappa shape index (κ1) is 15.9. The summed E-state index contributed by atoms with van der Waals surface area (Å²) in [6, 6.07) is 12.3. The predicted octanol–water partition coefficient (Wildman–Crippen LogP) is 2.11. The summed E-state index contributed by atoms with van der Waals surface area (Å²) in [5.74, 6) is 1.03. The summed E-state index contributed by atoms with van der Waals surface area (Å²) in [6.45, 7) is -0.168. The molecular weight excluding hydrogens is 310 g/mol. The molecule has 1 atom stereocenters. The van der Waals surface area contributed by atoms with Crippen LogP contribution in [0.15, 0.2) is 57.7 Å². The maximum atomic E-state index is 12.1. The smallest absolute Gasteiger partial charge is 0.238 e. The number of aromatic nitrogens is 2. The monoisotopic (exact) mass is 327 g/mol. The molecule has 0 radical (unpaired) electrons. The van der Waals surface area contributed by atoms with Gasteiger partial charge >= 0.3 is 0 Å². The highest BCUT2D eigenvalue weighted by molar-refractivity contribution is 5.76. The number of rotatable bonds is 7. The maximum absolute atomic E-state index is 12.1. The number of benzene rings is 1. The molecule has 7 heteroatoms. The average molecular weight is 327 g/mol. The Labute approximate surface area is 138 Å². The molecule has 2 aromatic heterocycles. The SMILES string of the molecule is O=C(CCc1nc(-c2ccco2)no1)NC(CO)c1ccccc1. The first-order valence-electron chi connectivity index (χ1n) is 7.58. The molecule has 1 aromatic carbocycles. The molecule has 1 unspecified atom stereocenters. The van der Waals surface area contributed by atoms with Crippen molar-refractivity contribution in [2.45, 2.75) is 18.9 Å². The number of hydrogen-bond acceptors (Lipinski definition) is 6. The Balaban J connectivity index is 1.54. The van der Waals surface area contributed by atoms with Crippen molar-refractivity contribution in [2.75, 3.05) is 6.61 Å². The van der Waals surface area contributed by atoms with Gasteiger partial charge in [0.05, 0.1) is 18.9 Å². The molecule has 24 heavy (non-hydrogen) atoms. The van der Waals surface area contributed by atoms with Gasteiger partial charge in [0.25, 0.3) is 0 Å². The molecule has 0 fully saturated rings. The molecule has 0 bridgehead atoms. The fourth-order valence-electron chi connectivity index (χ4n) is 2.27. The standard InChI is InChI=1S/C17H17N3O4/c21-11-13(12-5-2-1-3-6-12)18-15(22)8-9-16-19-17(20-24-16)14-7-4-10-23-14/h1-7,10,13,21H,8-9,11H2,(H,18,22). The highest BCUT2D eigenvalue weighted by atomic mass is 16.5. The Hall–Kier alpha value is -2.93. The number of carbonyl (C=O) groups is 1. The molecule has 7 nitrogen and oxygen atoms in total. The van der Waals surface area contributed by atoms with Gasteiger partial charge in [-0.3, -0.25) is 4.79 Å². The van der Waals surface area contributed by atoms with Crippen molar-refractivity contribution >= 4 is 5.91 Å². The number of amides is 1. The van der Waals surface area contributed by atoms with Gasteiger partial charge in [-0.2, -0.15) is 4.98 Å². The van der Waals surface area contributed by atoms with Crippen LogP contribution in [0.1, 0.15) is 23.9 Å². The molecule has 3 aromatic rings. The molecule has 0 aliphatic rings. The summed E-state index contributed by atoms with van der Waals surface area (Å²) < 4.78 is 10.3. The van der Waals surface area contributed by atoms with E-state index in [0.717, 1.165) is 5.56 Å². The Morgan fingerprint density at radius 3 is 2.75 bits per heavy atom. The van der Waals surface area contributed by atoms with Crippen molar-refractivity contribution in [1.29, 1.82) is 0 Å². The zero-order chi connectivity index (χ0) is 16.8. The van der Waals surface area contributed by atoms with E-state index in [1.807, 2.05) is 30.3 Å². The van der Waals surface area contributed by atoms with E-state index < -0.39 is 6.04 Å². The van der Waals surface area contributed by atoms with Crippen LogP contribution in [0.25, 0.3) is 11.6 Å². The third-order valence-corrected chi connectivity index (χ3v) is 3.50. The largest absolute Gasteiger partial charge is 0.461 e. The molecule has 0 saturated carbocycles. The molecule has 0 saturated heterocycles.